The van der Waals surface area contributed by atoms with E-state index in [1.807, 2.05) is 29.2 Å². The Labute approximate surface area is 131 Å². The molecule has 4 nitrogen and oxygen atoms in total. The van der Waals surface area contributed by atoms with Gasteiger partial charge < -0.3 is 9.32 Å². The summed E-state index contributed by atoms with van der Waals surface area (Å²) in [4.78, 5) is 19.1. The molecule has 4 heteroatoms. The standard InChI is InChI=1S/C18H24N2O2/c1-3-13(4-2)18(21)20-11-9-14(10-12-20)17-19-15-7-5-6-8-16(15)22-17/h5-8,13-14H,3-4,9-12H2,1-2H3. The number of rotatable bonds is 4. The van der Waals surface area contributed by atoms with Crippen LogP contribution in [0.4, 0.5) is 0 Å². The third-order valence-corrected chi connectivity index (χ3v) is 4.80. The van der Waals surface area contributed by atoms with E-state index < -0.39 is 0 Å². The summed E-state index contributed by atoms with van der Waals surface area (Å²) < 4.78 is 5.88. The quantitative estimate of drug-likeness (QED) is 0.858. The molecule has 118 valence electrons. The Kier molecular flexibility index (Phi) is 4.46. The largest absolute Gasteiger partial charge is 0.440 e. The molecule has 1 aliphatic heterocycles. The van der Waals surface area contributed by atoms with Crippen molar-refractivity contribution in [2.75, 3.05) is 13.1 Å². The van der Waals surface area contributed by atoms with Gasteiger partial charge in [-0.25, -0.2) is 4.98 Å². The van der Waals surface area contributed by atoms with Crippen molar-refractivity contribution in [1.82, 2.24) is 9.88 Å². The molecule has 2 heterocycles. The minimum absolute atomic E-state index is 0.181. The van der Waals surface area contributed by atoms with Crippen molar-refractivity contribution in [3.05, 3.63) is 30.2 Å². The Morgan fingerprint density at radius 3 is 2.59 bits per heavy atom. The minimum Gasteiger partial charge on any atom is -0.440 e. The highest BCUT2D eigenvalue weighted by Crippen LogP contribution is 2.30. The van der Waals surface area contributed by atoms with Crippen LogP contribution in [-0.2, 0) is 4.79 Å². The van der Waals surface area contributed by atoms with Crippen LogP contribution < -0.4 is 0 Å². The molecule has 0 atom stereocenters. The molecular weight excluding hydrogens is 276 g/mol. The molecule has 0 N–H and O–H groups in total. The molecule has 2 aromatic rings. The number of carbonyl (C=O) groups excluding carboxylic acids is 1. The van der Waals surface area contributed by atoms with E-state index in [1.54, 1.807) is 0 Å². The van der Waals surface area contributed by atoms with Gasteiger partial charge in [-0.1, -0.05) is 26.0 Å². The fraction of sp³-hybridized carbons (Fsp3) is 0.556. The van der Waals surface area contributed by atoms with Crippen molar-refractivity contribution in [2.45, 2.75) is 45.4 Å². The number of para-hydroxylation sites is 2. The van der Waals surface area contributed by atoms with E-state index in [0.717, 1.165) is 55.8 Å². The van der Waals surface area contributed by atoms with Crippen molar-refractivity contribution in [1.29, 1.82) is 0 Å². The summed E-state index contributed by atoms with van der Waals surface area (Å²) in [6.07, 6.45) is 3.75. The molecule has 1 aromatic heterocycles. The summed E-state index contributed by atoms with van der Waals surface area (Å²) in [6, 6.07) is 7.88. The van der Waals surface area contributed by atoms with Crippen molar-refractivity contribution in [3.63, 3.8) is 0 Å². The molecule has 1 amide bonds. The molecule has 22 heavy (non-hydrogen) atoms. The van der Waals surface area contributed by atoms with E-state index in [-0.39, 0.29) is 5.92 Å². The van der Waals surface area contributed by atoms with E-state index in [4.69, 9.17) is 4.42 Å². The molecule has 1 fully saturated rings. The van der Waals surface area contributed by atoms with Gasteiger partial charge in [0, 0.05) is 24.9 Å². The highest BCUT2D eigenvalue weighted by Gasteiger charge is 2.29. The lowest BCUT2D eigenvalue weighted by Gasteiger charge is -2.32. The summed E-state index contributed by atoms with van der Waals surface area (Å²) >= 11 is 0. The van der Waals surface area contributed by atoms with E-state index in [2.05, 4.69) is 18.8 Å². The zero-order chi connectivity index (χ0) is 15.5. The number of likely N-dealkylation sites (tertiary alicyclic amines) is 1. The average Bonchev–Trinajstić information content (AvgIpc) is 3.00. The van der Waals surface area contributed by atoms with Gasteiger partial charge in [-0.05, 0) is 37.8 Å². The second-order valence-electron chi connectivity index (χ2n) is 6.13. The Balaban J connectivity index is 1.65. The van der Waals surface area contributed by atoms with Crippen LogP contribution in [0.5, 0.6) is 0 Å². The van der Waals surface area contributed by atoms with E-state index in [1.165, 1.54) is 0 Å². The number of benzene rings is 1. The van der Waals surface area contributed by atoms with Gasteiger partial charge >= 0.3 is 0 Å². The van der Waals surface area contributed by atoms with Crippen molar-refractivity contribution in [2.24, 2.45) is 5.92 Å². The number of carbonyl (C=O) groups is 1. The number of nitrogens with zero attached hydrogens (tertiary/aromatic N) is 2. The normalized spacial score (nSPS) is 16.6. The molecule has 0 saturated carbocycles. The molecular formula is C18H24N2O2. The Bertz CT molecular complexity index is 604. The zero-order valence-corrected chi connectivity index (χ0v) is 13.4. The minimum atomic E-state index is 0.181. The zero-order valence-electron chi connectivity index (χ0n) is 13.4. The van der Waals surface area contributed by atoms with Gasteiger partial charge in [0.15, 0.2) is 11.5 Å². The number of aromatic nitrogens is 1. The number of piperidine rings is 1. The fourth-order valence-corrected chi connectivity index (χ4v) is 3.31. The third kappa shape index (κ3) is 2.87. The van der Waals surface area contributed by atoms with Gasteiger partial charge in [0.1, 0.15) is 5.52 Å². The third-order valence-electron chi connectivity index (χ3n) is 4.80. The van der Waals surface area contributed by atoms with Crippen LogP contribution in [0.25, 0.3) is 11.1 Å². The van der Waals surface area contributed by atoms with Gasteiger partial charge in [-0.2, -0.15) is 0 Å². The van der Waals surface area contributed by atoms with Crippen LogP contribution in [0.3, 0.4) is 0 Å². The molecule has 1 aliphatic rings. The Morgan fingerprint density at radius 1 is 1.27 bits per heavy atom. The van der Waals surface area contributed by atoms with Crippen LogP contribution in [0.1, 0.15) is 51.3 Å². The number of hydrogen-bond acceptors (Lipinski definition) is 3. The summed E-state index contributed by atoms with van der Waals surface area (Å²) in [6.45, 7) is 5.83. The van der Waals surface area contributed by atoms with Crippen molar-refractivity contribution < 1.29 is 9.21 Å². The first-order chi connectivity index (χ1) is 10.7. The summed E-state index contributed by atoms with van der Waals surface area (Å²) in [7, 11) is 0. The maximum Gasteiger partial charge on any atom is 0.225 e. The summed E-state index contributed by atoms with van der Waals surface area (Å²) in [5.74, 6) is 1.66. The second kappa shape index (κ2) is 6.51. The lowest BCUT2D eigenvalue weighted by atomic mass is 9.94. The molecule has 0 bridgehead atoms. The number of amides is 1. The van der Waals surface area contributed by atoms with Gasteiger partial charge in [0.05, 0.1) is 0 Å². The smallest absolute Gasteiger partial charge is 0.225 e. The van der Waals surface area contributed by atoms with Crippen LogP contribution in [-0.4, -0.2) is 28.9 Å². The van der Waals surface area contributed by atoms with E-state index in [9.17, 15) is 4.79 Å². The maximum absolute atomic E-state index is 12.4. The molecule has 1 aromatic carbocycles. The Morgan fingerprint density at radius 2 is 1.95 bits per heavy atom. The van der Waals surface area contributed by atoms with E-state index >= 15 is 0 Å². The van der Waals surface area contributed by atoms with Crippen molar-refractivity contribution in [3.8, 4) is 0 Å². The maximum atomic E-state index is 12.4. The topological polar surface area (TPSA) is 46.3 Å². The van der Waals surface area contributed by atoms with Gasteiger partial charge in [0.2, 0.25) is 5.91 Å². The van der Waals surface area contributed by atoms with E-state index in [0.29, 0.717) is 11.8 Å². The first kappa shape index (κ1) is 15.1. The van der Waals surface area contributed by atoms with Crippen LogP contribution in [0, 0.1) is 5.92 Å². The average molecular weight is 300 g/mol. The van der Waals surface area contributed by atoms with Crippen molar-refractivity contribution >= 4 is 17.0 Å². The molecule has 0 unspecified atom stereocenters. The second-order valence-corrected chi connectivity index (χ2v) is 6.13. The number of oxazole rings is 1. The van der Waals surface area contributed by atoms with Gasteiger partial charge in [0.25, 0.3) is 0 Å². The predicted molar refractivity (Wildman–Crippen MR) is 86.6 cm³/mol. The molecule has 0 aliphatic carbocycles. The lowest BCUT2D eigenvalue weighted by Crippen LogP contribution is -2.41. The highest BCUT2D eigenvalue weighted by molar-refractivity contribution is 5.78. The van der Waals surface area contributed by atoms with Gasteiger partial charge in [-0.3, -0.25) is 4.79 Å². The summed E-state index contributed by atoms with van der Waals surface area (Å²) in [5.41, 5.74) is 1.78. The molecule has 1 saturated heterocycles. The van der Waals surface area contributed by atoms with Crippen LogP contribution in [0.15, 0.2) is 28.7 Å². The first-order valence-corrected chi connectivity index (χ1v) is 8.37. The van der Waals surface area contributed by atoms with Gasteiger partial charge in [-0.15, -0.1) is 0 Å². The number of hydrogen-bond donors (Lipinski definition) is 0. The lowest BCUT2D eigenvalue weighted by molar-refractivity contribution is -0.136. The highest BCUT2D eigenvalue weighted by atomic mass is 16.3. The SMILES string of the molecule is CCC(CC)C(=O)N1CCC(c2nc3ccccc3o2)CC1. The molecule has 3 rings (SSSR count). The molecule has 0 radical (unpaired) electrons. The fourth-order valence-electron chi connectivity index (χ4n) is 3.31. The van der Waals surface area contributed by atoms with Crippen LogP contribution in [0.2, 0.25) is 0 Å². The predicted octanol–water partition coefficient (Wildman–Crippen LogP) is 3.97. The first-order valence-electron chi connectivity index (χ1n) is 8.37. The van der Waals surface area contributed by atoms with Crippen LogP contribution >= 0.6 is 0 Å². The summed E-state index contributed by atoms with van der Waals surface area (Å²) in [5, 5.41) is 0. The monoisotopic (exact) mass is 300 g/mol. The number of fused-ring (bicyclic) bond motifs is 1. The molecule has 0 spiro atoms. The Hall–Kier alpha value is -1.84.